The molecule has 0 fully saturated rings. The van der Waals surface area contributed by atoms with E-state index in [4.69, 9.17) is 5.73 Å². The summed E-state index contributed by atoms with van der Waals surface area (Å²) >= 11 is 0. The average Bonchev–Trinajstić information content (AvgIpc) is 2.56. The molecule has 2 aromatic rings. The number of benzene rings is 2. The minimum Gasteiger partial charge on any atom is -0.398 e. The molecule has 0 saturated carbocycles. The van der Waals surface area contributed by atoms with E-state index in [1.54, 1.807) is 0 Å². The van der Waals surface area contributed by atoms with Gasteiger partial charge in [0, 0.05) is 17.9 Å². The molecule has 2 aromatic carbocycles. The fraction of sp³-hybridized carbons (Fsp3) is 0.316. The quantitative estimate of drug-likeness (QED) is 0.854. The van der Waals surface area contributed by atoms with E-state index in [0.717, 1.165) is 36.3 Å². The summed E-state index contributed by atoms with van der Waals surface area (Å²) in [7, 11) is 0. The van der Waals surface area contributed by atoms with Crippen molar-refractivity contribution in [3.05, 3.63) is 59.7 Å². The average molecular weight is 309 g/mol. The highest BCUT2D eigenvalue weighted by atomic mass is 16.2. The third-order valence-corrected chi connectivity index (χ3v) is 4.39. The smallest absolute Gasteiger partial charge is 0.239 e. The minimum atomic E-state index is 0.00815. The number of carbonyl (C=O) groups excluding carboxylic acids is 1. The van der Waals surface area contributed by atoms with Crippen LogP contribution in [0.2, 0.25) is 0 Å². The Morgan fingerprint density at radius 3 is 2.78 bits per heavy atom. The molecular weight excluding hydrogens is 286 g/mol. The lowest BCUT2D eigenvalue weighted by atomic mass is 10.00. The topological polar surface area (TPSA) is 58.4 Å². The van der Waals surface area contributed by atoms with Crippen LogP contribution in [0.15, 0.2) is 48.5 Å². The number of nitrogens with one attached hydrogen (secondary N) is 1. The lowest BCUT2D eigenvalue weighted by Gasteiger charge is -2.31. The number of carbonyl (C=O) groups is 1. The molecule has 3 rings (SSSR count). The van der Waals surface area contributed by atoms with Crippen molar-refractivity contribution in [1.29, 1.82) is 0 Å². The first-order valence-corrected chi connectivity index (χ1v) is 8.12. The second-order valence-electron chi connectivity index (χ2n) is 6.07. The van der Waals surface area contributed by atoms with Crippen LogP contribution in [0.4, 0.5) is 11.4 Å². The maximum absolute atomic E-state index is 12.4. The summed E-state index contributed by atoms with van der Waals surface area (Å²) in [5.41, 5.74) is 10.3. The van der Waals surface area contributed by atoms with Gasteiger partial charge in [-0.2, -0.15) is 0 Å². The molecule has 0 radical (unpaired) electrons. The molecule has 1 aliphatic rings. The summed E-state index contributed by atoms with van der Waals surface area (Å²) in [6.07, 6.45) is 2.02. The lowest BCUT2D eigenvalue weighted by Crippen LogP contribution is -2.40. The standard InChI is InChI=1S/C19H23N3O/c1-14(15-7-3-2-4-8-15)21-19(23)13-22-12-6-9-16-17(20)10-5-11-18(16)22/h2-5,7-8,10-11,14H,6,9,12-13,20H2,1H3,(H,21,23). The van der Waals surface area contributed by atoms with Gasteiger partial charge in [-0.15, -0.1) is 0 Å². The molecule has 3 N–H and O–H groups in total. The van der Waals surface area contributed by atoms with Gasteiger partial charge in [0.25, 0.3) is 0 Å². The second-order valence-corrected chi connectivity index (χ2v) is 6.07. The number of amides is 1. The molecule has 23 heavy (non-hydrogen) atoms. The van der Waals surface area contributed by atoms with Crippen molar-refractivity contribution in [2.24, 2.45) is 0 Å². The Morgan fingerprint density at radius 1 is 1.22 bits per heavy atom. The van der Waals surface area contributed by atoms with Crippen molar-refractivity contribution in [3.63, 3.8) is 0 Å². The van der Waals surface area contributed by atoms with E-state index in [-0.39, 0.29) is 11.9 Å². The number of nitrogens with zero attached hydrogens (tertiary/aromatic N) is 1. The summed E-state index contributed by atoms with van der Waals surface area (Å²) in [6, 6.07) is 16.0. The first-order chi connectivity index (χ1) is 11.1. The van der Waals surface area contributed by atoms with Crippen molar-refractivity contribution < 1.29 is 4.79 Å². The zero-order valence-corrected chi connectivity index (χ0v) is 13.5. The number of nitrogen functional groups attached to an aromatic ring is 1. The first kappa shape index (κ1) is 15.4. The molecule has 1 aliphatic heterocycles. The van der Waals surface area contributed by atoms with Crippen molar-refractivity contribution in [2.45, 2.75) is 25.8 Å². The van der Waals surface area contributed by atoms with Gasteiger partial charge in [-0.1, -0.05) is 36.4 Å². The van der Waals surface area contributed by atoms with Gasteiger partial charge in [-0.05, 0) is 43.0 Å². The molecule has 1 heterocycles. The highest BCUT2D eigenvalue weighted by Gasteiger charge is 2.21. The number of rotatable bonds is 4. The first-order valence-electron chi connectivity index (χ1n) is 8.12. The molecule has 1 atom stereocenters. The normalized spacial score (nSPS) is 14.9. The monoisotopic (exact) mass is 309 g/mol. The van der Waals surface area contributed by atoms with Crippen LogP contribution in [0.3, 0.4) is 0 Å². The van der Waals surface area contributed by atoms with Crippen LogP contribution in [0.5, 0.6) is 0 Å². The van der Waals surface area contributed by atoms with Crippen LogP contribution < -0.4 is 16.0 Å². The van der Waals surface area contributed by atoms with Crippen molar-refractivity contribution in [3.8, 4) is 0 Å². The summed E-state index contributed by atoms with van der Waals surface area (Å²) in [5.74, 6) is 0.0385. The predicted octanol–water partition coefficient (Wildman–Crippen LogP) is 2.90. The number of fused-ring (bicyclic) bond motifs is 1. The number of nitrogens with two attached hydrogens (primary N) is 1. The van der Waals surface area contributed by atoms with E-state index < -0.39 is 0 Å². The molecule has 0 aliphatic carbocycles. The second kappa shape index (κ2) is 6.73. The fourth-order valence-corrected chi connectivity index (χ4v) is 3.18. The fourth-order valence-electron chi connectivity index (χ4n) is 3.18. The van der Waals surface area contributed by atoms with E-state index >= 15 is 0 Å². The SMILES string of the molecule is CC(NC(=O)CN1CCCc2c(N)cccc21)c1ccccc1. The maximum atomic E-state index is 12.4. The molecule has 120 valence electrons. The van der Waals surface area contributed by atoms with Gasteiger partial charge in [0.05, 0.1) is 12.6 Å². The highest BCUT2D eigenvalue weighted by molar-refractivity contribution is 5.83. The molecule has 0 bridgehead atoms. The van der Waals surface area contributed by atoms with E-state index in [1.807, 2.05) is 49.4 Å². The van der Waals surface area contributed by atoms with E-state index in [2.05, 4.69) is 16.3 Å². The van der Waals surface area contributed by atoms with Gasteiger partial charge in [0.1, 0.15) is 0 Å². The lowest BCUT2D eigenvalue weighted by molar-refractivity contribution is -0.120. The van der Waals surface area contributed by atoms with Gasteiger partial charge in [0.15, 0.2) is 0 Å². The Hall–Kier alpha value is -2.49. The predicted molar refractivity (Wildman–Crippen MR) is 94.4 cm³/mol. The number of anilines is 2. The molecule has 4 nitrogen and oxygen atoms in total. The zero-order chi connectivity index (χ0) is 16.2. The van der Waals surface area contributed by atoms with Crippen LogP contribution in [-0.4, -0.2) is 19.0 Å². The third-order valence-electron chi connectivity index (χ3n) is 4.39. The molecule has 0 saturated heterocycles. The van der Waals surface area contributed by atoms with Crippen LogP contribution in [0.25, 0.3) is 0 Å². The van der Waals surface area contributed by atoms with Crippen LogP contribution in [-0.2, 0) is 11.2 Å². The molecule has 1 unspecified atom stereocenters. The number of hydrogen-bond donors (Lipinski definition) is 2. The Morgan fingerprint density at radius 2 is 2.00 bits per heavy atom. The maximum Gasteiger partial charge on any atom is 0.239 e. The van der Waals surface area contributed by atoms with E-state index in [9.17, 15) is 4.79 Å². The summed E-state index contributed by atoms with van der Waals surface area (Å²) in [5, 5.41) is 3.08. The Bertz CT molecular complexity index is 684. The van der Waals surface area contributed by atoms with Crippen LogP contribution in [0, 0.1) is 0 Å². The van der Waals surface area contributed by atoms with Crippen molar-refractivity contribution >= 4 is 17.3 Å². The zero-order valence-electron chi connectivity index (χ0n) is 13.5. The molecule has 4 heteroatoms. The third kappa shape index (κ3) is 3.47. The molecule has 0 aromatic heterocycles. The van der Waals surface area contributed by atoms with Crippen molar-refractivity contribution in [2.75, 3.05) is 23.7 Å². The van der Waals surface area contributed by atoms with Gasteiger partial charge in [-0.25, -0.2) is 0 Å². The van der Waals surface area contributed by atoms with E-state index in [1.165, 1.54) is 5.56 Å². The van der Waals surface area contributed by atoms with Crippen LogP contribution in [0.1, 0.15) is 30.5 Å². The van der Waals surface area contributed by atoms with Gasteiger partial charge in [-0.3, -0.25) is 4.79 Å². The van der Waals surface area contributed by atoms with Gasteiger partial charge in [0.2, 0.25) is 5.91 Å². The minimum absolute atomic E-state index is 0.00815. The molecule has 1 amide bonds. The summed E-state index contributed by atoms with van der Waals surface area (Å²) < 4.78 is 0. The Balaban J connectivity index is 1.67. The Labute approximate surface area is 137 Å². The number of hydrogen-bond acceptors (Lipinski definition) is 3. The van der Waals surface area contributed by atoms with E-state index in [0.29, 0.717) is 6.54 Å². The van der Waals surface area contributed by atoms with Crippen molar-refractivity contribution in [1.82, 2.24) is 5.32 Å². The van der Waals surface area contributed by atoms with Gasteiger partial charge < -0.3 is 16.0 Å². The largest absolute Gasteiger partial charge is 0.398 e. The summed E-state index contributed by atoms with van der Waals surface area (Å²) in [6.45, 7) is 3.27. The molecule has 0 spiro atoms. The van der Waals surface area contributed by atoms with Gasteiger partial charge >= 0.3 is 0 Å². The Kier molecular flexibility index (Phi) is 4.51. The summed E-state index contributed by atoms with van der Waals surface area (Å²) in [4.78, 5) is 14.5. The van der Waals surface area contributed by atoms with Crippen LogP contribution >= 0.6 is 0 Å². The molecular formula is C19H23N3O. The highest BCUT2D eigenvalue weighted by Crippen LogP contribution is 2.30.